The molecule has 0 aromatic heterocycles. The van der Waals surface area contributed by atoms with Crippen LogP contribution in [0.4, 0.5) is 4.79 Å². The maximum atomic E-state index is 12.1. The van der Waals surface area contributed by atoms with Crippen LogP contribution in [0.1, 0.15) is 11.5 Å². The number of aliphatic hydroxyl groups excluding tert-OH is 1. The van der Waals surface area contributed by atoms with Crippen LogP contribution in [-0.2, 0) is 9.59 Å². The summed E-state index contributed by atoms with van der Waals surface area (Å²) in [7, 11) is 0. The van der Waals surface area contributed by atoms with E-state index in [-0.39, 0.29) is 13.2 Å². The van der Waals surface area contributed by atoms with Gasteiger partial charge in [0.25, 0.3) is 0 Å². The molecule has 1 aliphatic heterocycles. The first-order valence-electron chi connectivity index (χ1n) is 5.47. The molecule has 1 aromatic rings. The minimum absolute atomic E-state index is 0.124. The summed E-state index contributed by atoms with van der Waals surface area (Å²) < 4.78 is 0. The Balaban J connectivity index is 2.32. The number of hydrogen-bond donors (Lipinski definition) is 2. The second kappa shape index (κ2) is 4.97. The number of carbonyl (C=O) groups excluding carboxylic acids is 3. The van der Waals surface area contributed by atoms with Crippen LogP contribution >= 0.6 is 0 Å². The summed E-state index contributed by atoms with van der Waals surface area (Å²) in [6.07, 6.45) is 0. The van der Waals surface area contributed by atoms with Crippen LogP contribution < -0.4 is 5.32 Å². The summed E-state index contributed by atoms with van der Waals surface area (Å²) >= 11 is 0. The van der Waals surface area contributed by atoms with E-state index < -0.39 is 23.8 Å². The van der Waals surface area contributed by atoms with Crippen LogP contribution in [-0.4, -0.2) is 41.0 Å². The molecule has 0 radical (unpaired) electrons. The van der Waals surface area contributed by atoms with Gasteiger partial charge in [0.15, 0.2) is 0 Å². The van der Waals surface area contributed by atoms with E-state index in [2.05, 4.69) is 5.32 Å². The van der Waals surface area contributed by atoms with Gasteiger partial charge in [-0.2, -0.15) is 0 Å². The van der Waals surface area contributed by atoms with Gasteiger partial charge in [-0.3, -0.25) is 19.8 Å². The first kappa shape index (κ1) is 12.3. The molecule has 2 N–H and O–H groups in total. The van der Waals surface area contributed by atoms with Crippen molar-refractivity contribution in [3.63, 3.8) is 0 Å². The quantitative estimate of drug-likeness (QED) is 0.728. The van der Waals surface area contributed by atoms with E-state index in [1.165, 1.54) is 0 Å². The lowest BCUT2D eigenvalue weighted by molar-refractivity contribution is -0.139. The van der Waals surface area contributed by atoms with Crippen molar-refractivity contribution in [3.05, 3.63) is 35.9 Å². The largest absolute Gasteiger partial charge is 0.395 e. The first-order valence-corrected chi connectivity index (χ1v) is 5.47. The van der Waals surface area contributed by atoms with Gasteiger partial charge in [-0.15, -0.1) is 0 Å². The number of aliphatic hydroxyl groups is 1. The average molecular weight is 248 g/mol. The molecule has 6 nitrogen and oxygen atoms in total. The molecule has 6 heteroatoms. The minimum atomic E-state index is -1.03. The monoisotopic (exact) mass is 248 g/mol. The minimum Gasteiger partial charge on any atom is -0.395 e. The van der Waals surface area contributed by atoms with E-state index in [0.717, 1.165) is 4.90 Å². The molecule has 0 aliphatic carbocycles. The number of β-amino-alcohol motifs (C(OH)–C–C–N with tert-alkyl or cyclic N) is 1. The van der Waals surface area contributed by atoms with E-state index in [9.17, 15) is 14.4 Å². The number of barbiturate groups is 1. The molecule has 0 saturated carbocycles. The third kappa shape index (κ3) is 2.10. The summed E-state index contributed by atoms with van der Waals surface area (Å²) in [6.45, 7) is -0.462. The van der Waals surface area contributed by atoms with E-state index in [0.29, 0.717) is 5.56 Å². The lowest BCUT2D eigenvalue weighted by Crippen LogP contribution is -2.57. The maximum Gasteiger partial charge on any atom is 0.330 e. The van der Waals surface area contributed by atoms with Crippen molar-refractivity contribution in [2.75, 3.05) is 13.2 Å². The highest BCUT2D eigenvalue weighted by Crippen LogP contribution is 2.21. The van der Waals surface area contributed by atoms with Gasteiger partial charge in [0.05, 0.1) is 13.2 Å². The highest BCUT2D eigenvalue weighted by Gasteiger charge is 2.40. The number of nitrogens with zero attached hydrogens (tertiary/aromatic N) is 1. The Labute approximate surface area is 103 Å². The van der Waals surface area contributed by atoms with Gasteiger partial charge in [-0.1, -0.05) is 30.3 Å². The van der Waals surface area contributed by atoms with Gasteiger partial charge in [-0.25, -0.2) is 4.79 Å². The number of imide groups is 2. The van der Waals surface area contributed by atoms with E-state index in [1.54, 1.807) is 30.3 Å². The number of benzene rings is 1. The van der Waals surface area contributed by atoms with E-state index in [1.807, 2.05) is 0 Å². The van der Waals surface area contributed by atoms with Crippen LogP contribution in [0.2, 0.25) is 0 Å². The second-order valence-electron chi connectivity index (χ2n) is 3.85. The molecule has 1 atom stereocenters. The Kier molecular flexibility index (Phi) is 3.38. The van der Waals surface area contributed by atoms with Crippen molar-refractivity contribution in [1.82, 2.24) is 10.2 Å². The predicted molar refractivity (Wildman–Crippen MR) is 61.5 cm³/mol. The van der Waals surface area contributed by atoms with Crippen molar-refractivity contribution in [2.45, 2.75) is 5.92 Å². The summed E-state index contributed by atoms with van der Waals surface area (Å²) in [6, 6.07) is 7.70. The highest BCUT2D eigenvalue weighted by atomic mass is 16.3. The second-order valence-corrected chi connectivity index (χ2v) is 3.85. The third-order valence-corrected chi connectivity index (χ3v) is 2.71. The lowest BCUT2D eigenvalue weighted by Gasteiger charge is -2.29. The summed E-state index contributed by atoms with van der Waals surface area (Å²) in [5.41, 5.74) is 0.524. The van der Waals surface area contributed by atoms with Crippen LogP contribution in [0, 0.1) is 0 Å². The third-order valence-electron chi connectivity index (χ3n) is 2.71. The molecule has 94 valence electrons. The number of rotatable bonds is 3. The molecule has 1 aliphatic rings. The Morgan fingerprint density at radius 1 is 1.17 bits per heavy atom. The molecule has 4 amide bonds. The van der Waals surface area contributed by atoms with Crippen molar-refractivity contribution >= 4 is 17.8 Å². The number of nitrogens with one attached hydrogen (secondary N) is 1. The SMILES string of the molecule is O=C1NC(=O)N(CCO)C(=O)C1c1ccccc1. The molecule has 0 bridgehead atoms. The van der Waals surface area contributed by atoms with E-state index >= 15 is 0 Å². The van der Waals surface area contributed by atoms with Crippen LogP contribution in [0.3, 0.4) is 0 Å². The fourth-order valence-electron chi connectivity index (χ4n) is 1.86. The number of urea groups is 1. The normalized spacial score (nSPS) is 19.9. The molecule has 0 spiro atoms. The van der Waals surface area contributed by atoms with Gasteiger partial charge in [0.2, 0.25) is 11.8 Å². The Hall–Kier alpha value is -2.21. The maximum absolute atomic E-state index is 12.1. The van der Waals surface area contributed by atoms with Gasteiger partial charge in [0, 0.05) is 0 Å². The van der Waals surface area contributed by atoms with Crippen molar-refractivity contribution in [3.8, 4) is 0 Å². The van der Waals surface area contributed by atoms with Gasteiger partial charge in [-0.05, 0) is 5.56 Å². The molecule has 2 rings (SSSR count). The fourth-order valence-corrected chi connectivity index (χ4v) is 1.86. The summed E-state index contributed by atoms with van der Waals surface area (Å²) in [5, 5.41) is 10.9. The van der Waals surface area contributed by atoms with Crippen molar-refractivity contribution in [1.29, 1.82) is 0 Å². The highest BCUT2D eigenvalue weighted by molar-refractivity contribution is 6.19. The van der Waals surface area contributed by atoms with Crippen LogP contribution in [0.15, 0.2) is 30.3 Å². The number of carbonyl (C=O) groups is 3. The molecular formula is C12H12N2O4. The van der Waals surface area contributed by atoms with Crippen LogP contribution in [0.25, 0.3) is 0 Å². The Morgan fingerprint density at radius 3 is 2.44 bits per heavy atom. The molecule has 18 heavy (non-hydrogen) atoms. The summed E-state index contributed by atoms with van der Waals surface area (Å²) in [4.78, 5) is 36.1. The first-order chi connectivity index (χ1) is 8.65. The summed E-state index contributed by atoms with van der Waals surface area (Å²) in [5.74, 6) is -2.27. The van der Waals surface area contributed by atoms with Gasteiger partial charge in [0.1, 0.15) is 5.92 Å². The zero-order valence-corrected chi connectivity index (χ0v) is 9.50. The molecule has 1 saturated heterocycles. The van der Waals surface area contributed by atoms with Crippen molar-refractivity contribution < 1.29 is 19.5 Å². The molecular weight excluding hydrogens is 236 g/mol. The predicted octanol–water partition coefficient (Wildman–Crippen LogP) is -0.159. The topological polar surface area (TPSA) is 86.7 Å². The van der Waals surface area contributed by atoms with Crippen LogP contribution in [0.5, 0.6) is 0 Å². The van der Waals surface area contributed by atoms with E-state index in [4.69, 9.17) is 5.11 Å². The Morgan fingerprint density at radius 2 is 1.83 bits per heavy atom. The zero-order valence-electron chi connectivity index (χ0n) is 9.50. The smallest absolute Gasteiger partial charge is 0.330 e. The molecule has 1 heterocycles. The molecule has 1 fully saturated rings. The van der Waals surface area contributed by atoms with Gasteiger partial charge < -0.3 is 5.11 Å². The molecule has 1 aromatic carbocycles. The fraction of sp³-hybridized carbons (Fsp3) is 0.250. The Bertz CT molecular complexity index is 486. The van der Waals surface area contributed by atoms with Gasteiger partial charge >= 0.3 is 6.03 Å². The number of hydrogen-bond acceptors (Lipinski definition) is 4. The van der Waals surface area contributed by atoms with Crippen molar-refractivity contribution in [2.24, 2.45) is 0 Å². The number of amides is 4. The lowest BCUT2D eigenvalue weighted by atomic mass is 9.95. The average Bonchev–Trinajstić information content (AvgIpc) is 2.35. The zero-order chi connectivity index (χ0) is 13.1. The standard InChI is InChI=1S/C12H12N2O4/c15-7-6-14-11(17)9(10(16)13-12(14)18)8-4-2-1-3-5-8/h1-5,9,15H,6-7H2,(H,13,16,18). The molecule has 1 unspecified atom stereocenters.